The summed E-state index contributed by atoms with van der Waals surface area (Å²) in [5.74, 6) is 0.794. The summed E-state index contributed by atoms with van der Waals surface area (Å²) in [7, 11) is 2.14. The number of rotatable bonds is 4. The zero-order valence-corrected chi connectivity index (χ0v) is 18.8. The van der Waals surface area contributed by atoms with Crippen molar-refractivity contribution in [3.8, 4) is 28.1 Å². The van der Waals surface area contributed by atoms with Gasteiger partial charge in [0.1, 0.15) is 11.9 Å². The molecule has 0 spiro atoms. The van der Waals surface area contributed by atoms with Crippen LogP contribution in [0.4, 0.5) is 0 Å². The van der Waals surface area contributed by atoms with Gasteiger partial charge in [0.15, 0.2) is 5.65 Å². The van der Waals surface area contributed by atoms with Gasteiger partial charge in [-0.15, -0.1) is 0 Å². The SMILES string of the molecule is CN1CCC(Oc2ccc(-c3cnc4c(-c5cccc6[nH]c(=O)ccc56)cnn4c3)nc2)CC1. The van der Waals surface area contributed by atoms with E-state index in [0.717, 1.165) is 70.6 Å². The number of piperidine rings is 1. The number of nitrogens with zero attached hydrogens (tertiary/aromatic N) is 5. The second kappa shape index (κ2) is 8.39. The van der Waals surface area contributed by atoms with Crippen molar-refractivity contribution in [2.75, 3.05) is 20.1 Å². The summed E-state index contributed by atoms with van der Waals surface area (Å²) in [5, 5.41) is 5.48. The molecule has 8 nitrogen and oxygen atoms in total. The van der Waals surface area contributed by atoms with Crippen LogP contribution in [0.2, 0.25) is 0 Å². The lowest BCUT2D eigenvalue weighted by atomic mass is 10.0. The number of aromatic amines is 1. The molecular formula is C26H24N6O2. The Morgan fingerprint density at radius 1 is 0.971 bits per heavy atom. The van der Waals surface area contributed by atoms with Crippen molar-refractivity contribution in [3.63, 3.8) is 0 Å². The number of hydrogen-bond acceptors (Lipinski definition) is 6. The highest BCUT2D eigenvalue weighted by molar-refractivity contribution is 5.97. The molecule has 8 heteroatoms. The molecule has 5 aromatic rings. The van der Waals surface area contributed by atoms with Crippen LogP contribution in [0.15, 0.2) is 72.0 Å². The van der Waals surface area contributed by atoms with E-state index in [2.05, 4.69) is 27.0 Å². The number of pyridine rings is 2. The topological polar surface area (TPSA) is 88.4 Å². The molecule has 6 rings (SSSR count). The van der Waals surface area contributed by atoms with E-state index in [-0.39, 0.29) is 11.7 Å². The Bertz CT molecular complexity index is 1530. The van der Waals surface area contributed by atoms with Gasteiger partial charge in [0.05, 0.1) is 18.1 Å². The van der Waals surface area contributed by atoms with Gasteiger partial charge in [-0.2, -0.15) is 5.10 Å². The molecule has 4 aromatic heterocycles. The van der Waals surface area contributed by atoms with Crippen LogP contribution in [-0.2, 0) is 0 Å². The average molecular weight is 453 g/mol. The summed E-state index contributed by atoms with van der Waals surface area (Å²) in [4.78, 5) is 26.2. The van der Waals surface area contributed by atoms with Gasteiger partial charge >= 0.3 is 0 Å². The third-order valence-electron chi connectivity index (χ3n) is 6.41. The smallest absolute Gasteiger partial charge is 0.248 e. The maximum atomic E-state index is 11.7. The first-order valence-corrected chi connectivity index (χ1v) is 11.4. The first-order chi connectivity index (χ1) is 16.6. The highest BCUT2D eigenvalue weighted by Crippen LogP contribution is 2.30. The Balaban J connectivity index is 1.28. The molecule has 1 N–H and O–H groups in total. The van der Waals surface area contributed by atoms with Crippen molar-refractivity contribution in [1.82, 2.24) is 29.5 Å². The molecule has 0 unspecified atom stereocenters. The van der Waals surface area contributed by atoms with Crippen molar-refractivity contribution in [3.05, 3.63) is 77.6 Å². The zero-order valence-electron chi connectivity index (χ0n) is 18.8. The summed E-state index contributed by atoms with van der Waals surface area (Å²) < 4.78 is 7.88. The average Bonchev–Trinajstić information content (AvgIpc) is 3.28. The molecule has 0 atom stereocenters. The molecule has 0 aliphatic carbocycles. The fourth-order valence-electron chi connectivity index (χ4n) is 4.53. The van der Waals surface area contributed by atoms with Gasteiger partial charge in [0, 0.05) is 53.6 Å². The van der Waals surface area contributed by atoms with Gasteiger partial charge in [0.25, 0.3) is 0 Å². The van der Waals surface area contributed by atoms with Crippen LogP contribution in [0.25, 0.3) is 38.9 Å². The fraction of sp³-hybridized carbons (Fsp3) is 0.231. The van der Waals surface area contributed by atoms with Crippen LogP contribution >= 0.6 is 0 Å². The van der Waals surface area contributed by atoms with Gasteiger partial charge in [-0.1, -0.05) is 12.1 Å². The number of aromatic nitrogens is 5. The standard InChI is InChI=1S/C26H24N6O2/c1-31-11-9-18(10-12-31)34-19-5-7-23(27-14-19)17-13-28-26-22(15-29-32(26)16-17)20-3-2-4-24-21(20)6-8-25(33)30-24/h2-8,13-16,18H,9-12H2,1H3,(H,30,33). The molecule has 34 heavy (non-hydrogen) atoms. The van der Waals surface area contributed by atoms with Crippen molar-refractivity contribution < 1.29 is 4.74 Å². The van der Waals surface area contributed by atoms with Crippen LogP contribution in [0.3, 0.4) is 0 Å². The monoisotopic (exact) mass is 452 g/mol. The van der Waals surface area contributed by atoms with E-state index < -0.39 is 0 Å². The Morgan fingerprint density at radius 3 is 2.68 bits per heavy atom. The van der Waals surface area contributed by atoms with Crippen molar-refractivity contribution in [1.29, 1.82) is 0 Å². The maximum absolute atomic E-state index is 11.7. The fourth-order valence-corrected chi connectivity index (χ4v) is 4.53. The van der Waals surface area contributed by atoms with Crippen LogP contribution in [0.5, 0.6) is 5.75 Å². The van der Waals surface area contributed by atoms with Gasteiger partial charge in [-0.3, -0.25) is 9.78 Å². The summed E-state index contributed by atoms with van der Waals surface area (Å²) in [6.07, 6.45) is 9.64. The number of fused-ring (bicyclic) bond motifs is 2. The highest BCUT2D eigenvalue weighted by atomic mass is 16.5. The van der Waals surface area contributed by atoms with Crippen molar-refractivity contribution in [2.24, 2.45) is 0 Å². The first-order valence-electron chi connectivity index (χ1n) is 11.4. The van der Waals surface area contributed by atoms with E-state index >= 15 is 0 Å². The minimum absolute atomic E-state index is 0.123. The summed E-state index contributed by atoms with van der Waals surface area (Å²) in [5.41, 5.74) is 4.96. The lowest BCUT2D eigenvalue weighted by Crippen LogP contribution is -2.35. The Labute approximate surface area is 195 Å². The van der Waals surface area contributed by atoms with Gasteiger partial charge in [0.2, 0.25) is 5.56 Å². The highest BCUT2D eigenvalue weighted by Gasteiger charge is 2.18. The van der Waals surface area contributed by atoms with E-state index in [4.69, 9.17) is 9.72 Å². The number of hydrogen-bond donors (Lipinski definition) is 1. The molecule has 0 amide bonds. The Hall–Kier alpha value is -4.04. The van der Waals surface area contributed by atoms with E-state index in [0.29, 0.717) is 0 Å². The maximum Gasteiger partial charge on any atom is 0.248 e. The molecule has 0 saturated carbocycles. The third-order valence-corrected chi connectivity index (χ3v) is 6.41. The van der Waals surface area contributed by atoms with E-state index in [1.807, 2.05) is 48.8 Å². The van der Waals surface area contributed by atoms with Gasteiger partial charge < -0.3 is 14.6 Å². The van der Waals surface area contributed by atoms with Crippen molar-refractivity contribution in [2.45, 2.75) is 18.9 Å². The van der Waals surface area contributed by atoms with Crippen LogP contribution in [-0.4, -0.2) is 55.7 Å². The molecular weight excluding hydrogens is 428 g/mol. The molecule has 5 heterocycles. The van der Waals surface area contributed by atoms with Gasteiger partial charge in [-0.25, -0.2) is 9.50 Å². The minimum Gasteiger partial charge on any atom is -0.489 e. The molecule has 170 valence electrons. The zero-order chi connectivity index (χ0) is 23.1. The Kier molecular flexibility index (Phi) is 5.07. The van der Waals surface area contributed by atoms with Crippen LogP contribution < -0.4 is 10.3 Å². The number of likely N-dealkylation sites (tertiary alicyclic amines) is 1. The Morgan fingerprint density at radius 2 is 1.85 bits per heavy atom. The largest absolute Gasteiger partial charge is 0.489 e. The molecule has 1 fully saturated rings. The third kappa shape index (κ3) is 3.82. The first kappa shape index (κ1) is 20.6. The molecule has 0 radical (unpaired) electrons. The van der Waals surface area contributed by atoms with E-state index in [1.165, 1.54) is 6.07 Å². The van der Waals surface area contributed by atoms with Crippen LogP contribution in [0.1, 0.15) is 12.8 Å². The van der Waals surface area contributed by atoms with E-state index in [1.54, 1.807) is 16.9 Å². The van der Waals surface area contributed by atoms with Crippen LogP contribution in [0, 0.1) is 0 Å². The quantitative estimate of drug-likeness (QED) is 0.447. The minimum atomic E-state index is -0.123. The summed E-state index contributed by atoms with van der Waals surface area (Å²) in [6.45, 7) is 2.12. The normalized spacial score (nSPS) is 15.2. The summed E-state index contributed by atoms with van der Waals surface area (Å²) >= 11 is 0. The predicted molar refractivity (Wildman–Crippen MR) is 131 cm³/mol. The van der Waals surface area contributed by atoms with Crippen molar-refractivity contribution >= 4 is 16.6 Å². The number of H-pyrrole nitrogens is 1. The molecule has 1 saturated heterocycles. The molecule has 1 aliphatic rings. The summed E-state index contributed by atoms with van der Waals surface area (Å²) in [6, 6.07) is 13.1. The predicted octanol–water partition coefficient (Wildman–Crippen LogP) is 3.77. The molecule has 1 aliphatic heterocycles. The van der Waals surface area contributed by atoms with E-state index in [9.17, 15) is 4.79 Å². The van der Waals surface area contributed by atoms with Gasteiger partial charge in [-0.05, 0) is 49.7 Å². The lowest BCUT2D eigenvalue weighted by molar-refractivity contribution is 0.114. The number of benzene rings is 1. The molecule has 1 aromatic carbocycles. The second-order valence-electron chi connectivity index (χ2n) is 8.76. The second-order valence-corrected chi connectivity index (χ2v) is 8.76. The number of nitrogens with one attached hydrogen (secondary N) is 1. The molecule has 0 bridgehead atoms. The lowest BCUT2D eigenvalue weighted by Gasteiger charge is -2.29. The number of ether oxygens (including phenoxy) is 1.